The Hall–Kier alpha value is -0.380. The van der Waals surface area contributed by atoms with Crippen molar-refractivity contribution in [1.82, 2.24) is 5.32 Å². The lowest BCUT2D eigenvalue weighted by molar-refractivity contribution is 0.641. The second-order valence-electron chi connectivity index (χ2n) is 3.57. The second kappa shape index (κ2) is 5.37. The van der Waals surface area contributed by atoms with Gasteiger partial charge < -0.3 is 11.1 Å². The van der Waals surface area contributed by atoms with E-state index in [0.717, 1.165) is 6.42 Å². The van der Waals surface area contributed by atoms with Gasteiger partial charge in [-0.2, -0.15) is 11.8 Å². The van der Waals surface area contributed by atoms with Gasteiger partial charge in [0.05, 0.1) is 6.04 Å². The molecule has 3 nitrogen and oxygen atoms in total. The Balaban J connectivity index is 2.13. The molecule has 0 heterocycles. The molecule has 1 atom stereocenters. The summed E-state index contributed by atoms with van der Waals surface area (Å²) in [4.78, 5) is 4.31. The second-order valence-corrected chi connectivity index (χ2v) is 4.56. The normalized spacial score (nSPS) is 20.0. The Morgan fingerprint density at radius 3 is 2.92 bits per heavy atom. The standard InChI is InChI=1S/C9H19N3S/c1-7(5-6-13-2)11-9(10)12-8-3-4-8/h7-8H,3-6H2,1-2H3,(H3,10,11,12). The molecule has 4 heteroatoms. The van der Waals surface area contributed by atoms with Crippen LogP contribution in [0.3, 0.4) is 0 Å². The first kappa shape index (κ1) is 10.7. The van der Waals surface area contributed by atoms with Gasteiger partial charge in [0, 0.05) is 6.04 Å². The van der Waals surface area contributed by atoms with Crippen molar-refractivity contribution >= 4 is 17.7 Å². The van der Waals surface area contributed by atoms with Crippen LogP contribution in [0.4, 0.5) is 0 Å². The minimum absolute atomic E-state index is 0.440. The van der Waals surface area contributed by atoms with Gasteiger partial charge in [-0.3, -0.25) is 4.99 Å². The third-order valence-electron chi connectivity index (χ3n) is 2.02. The van der Waals surface area contributed by atoms with Gasteiger partial charge in [-0.25, -0.2) is 0 Å². The fourth-order valence-corrected chi connectivity index (χ4v) is 1.65. The summed E-state index contributed by atoms with van der Waals surface area (Å²) in [6.07, 6.45) is 5.68. The van der Waals surface area contributed by atoms with E-state index in [0.29, 0.717) is 18.0 Å². The van der Waals surface area contributed by atoms with Crippen LogP contribution in [0.5, 0.6) is 0 Å². The molecule has 1 fully saturated rings. The van der Waals surface area contributed by atoms with Crippen molar-refractivity contribution in [3.05, 3.63) is 0 Å². The molecule has 1 saturated carbocycles. The smallest absolute Gasteiger partial charge is 0.189 e. The topological polar surface area (TPSA) is 50.4 Å². The molecule has 1 unspecified atom stereocenters. The zero-order valence-electron chi connectivity index (χ0n) is 8.42. The van der Waals surface area contributed by atoms with Crippen LogP contribution in [0.2, 0.25) is 0 Å². The van der Waals surface area contributed by atoms with E-state index in [-0.39, 0.29) is 0 Å². The van der Waals surface area contributed by atoms with E-state index in [1.165, 1.54) is 18.6 Å². The molecular weight excluding hydrogens is 182 g/mol. The van der Waals surface area contributed by atoms with Gasteiger partial charge in [-0.15, -0.1) is 0 Å². The molecule has 76 valence electrons. The SMILES string of the molecule is CSCCC(C)NC(N)=NC1CC1. The molecular formula is C9H19N3S. The molecule has 0 aromatic heterocycles. The van der Waals surface area contributed by atoms with Gasteiger partial charge in [-0.1, -0.05) is 0 Å². The molecule has 0 aromatic rings. The zero-order valence-corrected chi connectivity index (χ0v) is 9.23. The van der Waals surface area contributed by atoms with E-state index in [1.807, 2.05) is 11.8 Å². The molecule has 0 amide bonds. The van der Waals surface area contributed by atoms with Crippen molar-refractivity contribution < 1.29 is 0 Å². The lowest BCUT2D eigenvalue weighted by Gasteiger charge is -2.13. The predicted octanol–water partition coefficient (Wildman–Crippen LogP) is 1.19. The average molecular weight is 201 g/mol. The van der Waals surface area contributed by atoms with E-state index in [9.17, 15) is 0 Å². The molecule has 0 bridgehead atoms. The van der Waals surface area contributed by atoms with Crippen molar-refractivity contribution in [2.75, 3.05) is 12.0 Å². The van der Waals surface area contributed by atoms with Crippen LogP contribution in [0, 0.1) is 0 Å². The van der Waals surface area contributed by atoms with Crippen molar-refractivity contribution in [2.45, 2.75) is 38.3 Å². The molecule has 0 saturated heterocycles. The number of hydrogen-bond acceptors (Lipinski definition) is 2. The number of nitrogens with two attached hydrogens (primary N) is 1. The Morgan fingerprint density at radius 2 is 2.38 bits per heavy atom. The lowest BCUT2D eigenvalue weighted by Crippen LogP contribution is -2.38. The van der Waals surface area contributed by atoms with Gasteiger partial charge in [0.2, 0.25) is 0 Å². The molecule has 1 aliphatic carbocycles. The minimum atomic E-state index is 0.440. The van der Waals surface area contributed by atoms with Crippen molar-refractivity contribution in [1.29, 1.82) is 0 Å². The van der Waals surface area contributed by atoms with Crippen LogP contribution in [-0.4, -0.2) is 30.1 Å². The van der Waals surface area contributed by atoms with E-state index in [1.54, 1.807) is 0 Å². The van der Waals surface area contributed by atoms with Gasteiger partial charge in [0.25, 0.3) is 0 Å². The number of aliphatic imine (C=N–C) groups is 1. The quantitative estimate of drug-likeness (QED) is 0.519. The summed E-state index contributed by atoms with van der Waals surface area (Å²) >= 11 is 1.86. The molecule has 0 radical (unpaired) electrons. The van der Waals surface area contributed by atoms with Crippen molar-refractivity contribution in [3.8, 4) is 0 Å². The van der Waals surface area contributed by atoms with E-state index in [2.05, 4.69) is 23.5 Å². The summed E-state index contributed by atoms with van der Waals surface area (Å²) in [5.74, 6) is 1.79. The molecule has 0 aliphatic heterocycles. The summed E-state index contributed by atoms with van der Waals surface area (Å²) < 4.78 is 0. The molecule has 1 aliphatic rings. The number of guanidine groups is 1. The maximum Gasteiger partial charge on any atom is 0.189 e. The van der Waals surface area contributed by atoms with Crippen LogP contribution >= 0.6 is 11.8 Å². The Bertz CT molecular complexity index is 178. The summed E-state index contributed by atoms with van der Waals surface area (Å²) in [7, 11) is 0. The molecule has 1 rings (SSSR count). The highest BCUT2D eigenvalue weighted by Gasteiger charge is 2.20. The first-order chi connectivity index (χ1) is 6.22. The summed E-state index contributed by atoms with van der Waals surface area (Å²) in [5.41, 5.74) is 5.72. The van der Waals surface area contributed by atoms with Crippen molar-refractivity contribution in [2.24, 2.45) is 10.7 Å². The van der Waals surface area contributed by atoms with Crippen LogP contribution in [0.15, 0.2) is 4.99 Å². The van der Waals surface area contributed by atoms with Crippen LogP contribution in [-0.2, 0) is 0 Å². The third-order valence-corrected chi connectivity index (χ3v) is 2.66. The molecule has 13 heavy (non-hydrogen) atoms. The molecule has 0 spiro atoms. The van der Waals surface area contributed by atoms with E-state index in [4.69, 9.17) is 5.73 Å². The highest BCUT2D eigenvalue weighted by Crippen LogP contribution is 2.22. The maximum absolute atomic E-state index is 5.72. The first-order valence-electron chi connectivity index (χ1n) is 4.81. The molecule has 3 N–H and O–H groups in total. The summed E-state index contributed by atoms with van der Waals surface area (Å²) in [6, 6.07) is 0.954. The van der Waals surface area contributed by atoms with Crippen LogP contribution in [0.25, 0.3) is 0 Å². The monoisotopic (exact) mass is 201 g/mol. The highest BCUT2D eigenvalue weighted by molar-refractivity contribution is 7.98. The van der Waals surface area contributed by atoms with E-state index < -0.39 is 0 Å². The first-order valence-corrected chi connectivity index (χ1v) is 6.20. The summed E-state index contributed by atoms with van der Waals surface area (Å²) in [5, 5.41) is 3.20. The van der Waals surface area contributed by atoms with Crippen LogP contribution < -0.4 is 11.1 Å². The molecule has 0 aromatic carbocycles. The van der Waals surface area contributed by atoms with Gasteiger partial charge in [-0.05, 0) is 38.2 Å². The fraction of sp³-hybridized carbons (Fsp3) is 0.889. The van der Waals surface area contributed by atoms with Gasteiger partial charge >= 0.3 is 0 Å². The average Bonchev–Trinajstić information content (AvgIpc) is 2.84. The number of hydrogen-bond donors (Lipinski definition) is 2. The number of thioether (sulfide) groups is 1. The fourth-order valence-electron chi connectivity index (χ4n) is 1.06. The van der Waals surface area contributed by atoms with Gasteiger partial charge in [0.15, 0.2) is 5.96 Å². The van der Waals surface area contributed by atoms with E-state index >= 15 is 0 Å². The Morgan fingerprint density at radius 1 is 1.69 bits per heavy atom. The number of nitrogens with zero attached hydrogens (tertiary/aromatic N) is 1. The largest absolute Gasteiger partial charge is 0.370 e. The summed E-state index contributed by atoms with van der Waals surface area (Å²) in [6.45, 7) is 2.14. The highest BCUT2D eigenvalue weighted by atomic mass is 32.2. The van der Waals surface area contributed by atoms with Crippen molar-refractivity contribution in [3.63, 3.8) is 0 Å². The van der Waals surface area contributed by atoms with Crippen LogP contribution in [0.1, 0.15) is 26.2 Å². The Kier molecular flexibility index (Phi) is 4.42. The minimum Gasteiger partial charge on any atom is -0.370 e. The lowest BCUT2D eigenvalue weighted by atomic mass is 10.3. The maximum atomic E-state index is 5.72. The third kappa shape index (κ3) is 5.03. The number of rotatable bonds is 5. The number of nitrogens with one attached hydrogen (secondary N) is 1. The Labute approximate surface area is 84.6 Å². The predicted molar refractivity (Wildman–Crippen MR) is 60.2 cm³/mol. The zero-order chi connectivity index (χ0) is 9.68. The van der Waals surface area contributed by atoms with Gasteiger partial charge in [0.1, 0.15) is 0 Å².